The maximum Gasteiger partial charge on any atom is 0.333 e. The van der Waals surface area contributed by atoms with Gasteiger partial charge in [-0.25, -0.2) is 9.78 Å². The second-order valence-corrected chi connectivity index (χ2v) is 18.8. The van der Waals surface area contributed by atoms with Crippen LogP contribution in [0.3, 0.4) is 0 Å². The molecule has 5 heterocycles. The van der Waals surface area contributed by atoms with E-state index in [0.717, 1.165) is 51.3 Å². The summed E-state index contributed by atoms with van der Waals surface area (Å²) in [5.74, 6) is -0.523. The summed E-state index contributed by atoms with van der Waals surface area (Å²) in [4.78, 5) is 45.8. The van der Waals surface area contributed by atoms with Gasteiger partial charge < -0.3 is 39.7 Å². The highest BCUT2D eigenvalue weighted by Crippen LogP contribution is 2.74. The van der Waals surface area contributed by atoms with Crippen LogP contribution in [0, 0.1) is 11.8 Å². The Labute approximate surface area is 344 Å². The van der Waals surface area contributed by atoms with Crippen LogP contribution >= 0.6 is 11.8 Å². The van der Waals surface area contributed by atoms with Crippen LogP contribution in [0.1, 0.15) is 104 Å². The first-order chi connectivity index (χ1) is 27.4. The van der Waals surface area contributed by atoms with Crippen molar-refractivity contribution in [1.82, 2.24) is 9.55 Å². The third-order valence-electron chi connectivity index (χ3n) is 12.9. The molecule has 1 aromatic heterocycles. The first kappa shape index (κ1) is 40.2. The minimum Gasteiger partial charge on any atom is -0.482 e. The number of esters is 1. The Morgan fingerprint density at radius 2 is 1.86 bits per heavy atom. The number of fused-ring (bicyclic) bond motifs is 4. The van der Waals surface area contributed by atoms with Crippen LogP contribution in [0.25, 0.3) is 11.8 Å². The Bertz CT molecular complexity index is 2290. The van der Waals surface area contributed by atoms with Crippen molar-refractivity contribution in [2.75, 3.05) is 18.2 Å². The molecule has 13 heteroatoms. The Balaban J connectivity index is 1.45. The highest BCUT2D eigenvalue weighted by atomic mass is 32.2. The quantitative estimate of drug-likeness (QED) is 0.0834. The molecular weight excluding hydrogens is 757 g/mol. The number of hydrogen-bond acceptors (Lipinski definition) is 11. The molecule has 4 N–H and O–H groups in total. The highest BCUT2D eigenvalue weighted by Gasteiger charge is 2.84. The van der Waals surface area contributed by atoms with Gasteiger partial charge in [-0.05, 0) is 87.1 Å². The zero-order chi connectivity index (χ0) is 41.7. The number of ketones is 1. The molecular formula is C45H54N4O8S. The third kappa shape index (κ3) is 5.85. The van der Waals surface area contributed by atoms with E-state index in [-0.39, 0.29) is 23.9 Å². The smallest absolute Gasteiger partial charge is 0.333 e. The summed E-state index contributed by atoms with van der Waals surface area (Å²) in [6.07, 6.45) is 16.5. The van der Waals surface area contributed by atoms with Gasteiger partial charge >= 0.3 is 11.9 Å². The number of nitrogens with one attached hydrogen (secondary N) is 1. The number of anilines is 1. The molecule has 3 saturated carbocycles. The molecule has 7 atom stereocenters. The number of ether oxygens (including phenoxy) is 4. The van der Waals surface area contributed by atoms with E-state index in [2.05, 4.69) is 64.2 Å². The molecule has 12 nitrogen and oxygen atoms in total. The Morgan fingerprint density at radius 1 is 1.12 bits per heavy atom. The second kappa shape index (κ2) is 14.0. The van der Waals surface area contributed by atoms with E-state index in [1.807, 2.05) is 24.6 Å². The van der Waals surface area contributed by atoms with Gasteiger partial charge in [0, 0.05) is 63.6 Å². The number of aliphatic carboxylic acids is 1. The Morgan fingerprint density at radius 3 is 2.55 bits per heavy atom. The Kier molecular flexibility index (Phi) is 9.72. The number of Topliss-reactive ketones (excluding diaryl/α,β-unsaturated/α-hetero) is 1. The number of aromatic nitrogens is 2. The zero-order valence-electron chi connectivity index (χ0n) is 34.8. The number of thioether (sulfide) groups is 1. The third-order valence-corrected chi connectivity index (χ3v) is 14.2. The number of carboxylic acid groups (broad SMARTS) is 1. The largest absolute Gasteiger partial charge is 0.482 e. The average molecular weight is 811 g/mol. The summed E-state index contributed by atoms with van der Waals surface area (Å²) in [6.45, 7) is 16.1. The summed E-state index contributed by atoms with van der Waals surface area (Å²) in [6, 6.07) is -1.56. The zero-order valence-corrected chi connectivity index (χ0v) is 35.6. The van der Waals surface area contributed by atoms with Crippen LogP contribution in [0.15, 0.2) is 63.9 Å². The monoisotopic (exact) mass is 810 g/mol. The van der Waals surface area contributed by atoms with Gasteiger partial charge in [-0.15, -0.1) is 11.8 Å². The molecule has 1 saturated heterocycles. The molecule has 4 aliphatic heterocycles. The molecule has 4 fully saturated rings. The lowest BCUT2D eigenvalue weighted by Gasteiger charge is -2.62. The maximum atomic E-state index is 15.4. The molecule has 7 aliphatic rings. The predicted molar refractivity (Wildman–Crippen MR) is 223 cm³/mol. The van der Waals surface area contributed by atoms with Gasteiger partial charge in [0.25, 0.3) is 0 Å². The van der Waals surface area contributed by atoms with Gasteiger partial charge in [0.1, 0.15) is 23.1 Å². The summed E-state index contributed by atoms with van der Waals surface area (Å²) >= 11 is 1.36. The van der Waals surface area contributed by atoms with Crippen LogP contribution in [-0.2, 0) is 30.3 Å². The number of nitrogens with zero attached hydrogens (tertiary/aromatic N) is 2. The number of carboxylic acids is 1. The number of imidazole rings is 1. The molecule has 308 valence electrons. The van der Waals surface area contributed by atoms with Crippen LogP contribution in [0.4, 0.5) is 5.95 Å². The van der Waals surface area contributed by atoms with Gasteiger partial charge in [0.05, 0.1) is 30.0 Å². The van der Waals surface area contributed by atoms with E-state index in [1.165, 1.54) is 24.4 Å². The van der Waals surface area contributed by atoms with E-state index < -0.39 is 52.3 Å². The lowest BCUT2D eigenvalue weighted by molar-refractivity contribution is -0.181. The standard InChI is InChI=1S/C45H54N4O8S/c1-23(2)11-10-16-43(8)17-15-27-35(55-43)26(13-12-24(3)4)36-31(37(27)58-22-29(46)39(51)52)33-32-34(49-20-19-47-41(49)48-33)28-21-30-42(6,7)57-44(38(28)50,45(30,32)56-36)18-14-25(5)40(53)54-9/h11-12,14-15,17,19-20,28-30,34H,10,13,16,18,21-22,46H2,1-9H3,(H,47,48)(H,51,52)/b25-14-. The number of carbonyl (C=O) groups is 3. The summed E-state index contributed by atoms with van der Waals surface area (Å²) in [7, 11) is 1.34. The fraction of sp³-hybridized carbons (Fsp3) is 0.511. The van der Waals surface area contributed by atoms with Gasteiger partial charge in [0.2, 0.25) is 5.95 Å². The predicted octanol–water partition coefficient (Wildman–Crippen LogP) is 7.59. The number of allylic oxidation sites excluding steroid dienone is 4. The van der Waals surface area contributed by atoms with E-state index >= 15 is 4.79 Å². The Hall–Kier alpha value is -4.59. The van der Waals surface area contributed by atoms with Gasteiger partial charge in [-0.3, -0.25) is 9.59 Å². The van der Waals surface area contributed by atoms with E-state index in [0.29, 0.717) is 35.9 Å². The fourth-order valence-corrected chi connectivity index (χ4v) is 11.4. The second-order valence-electron chi connectivity index (χ2n) is 17.8. The van der Waals surface area contributed by atoms with Gasteiger partial charge in [-0.2, -0.15) is 0 Å². The lowest BCUT2D eigenvalue weighted by atomic mass is 9.47. The van der Waals surface area contributed by atoms with Crippen molar-refractivity contribution in [2.24, 2.45) is 17.6 Å². The molecule has 1 aromatic carbocycles. The van der Waals surface area contributed by atoms with Crippen molar-refractivity contribution in [2.45, 2.75) is 127 Å². The SMILES string of the molecule is COC(=O)/C(C)=C\CC12OC(C)(C)C3CC(C1=O)C1C4=C(Nc5nccn51)c1c(c(CC=C(C)C)c5c(c1SCC(N)C(=O)O)C=CC(C)(CCC=C(C)C)O5)OC432. The molecule has 0 radical (unpaired) electrons. The van der Waals surface area contributed by atoms with Crippen LogP contribution in [0.5, 0.6) is 11.5 Å². The van der Waals surface area contributed by atoms with Crippen molar-refractivity contribution in [3.05, 3.63) is 75.7 Å². The number of carbonyl (C=O) groups excluding carboxylic acids is 2. The summed E-state index contributed by atoms with van der Waals surface area (Å²) in [5, 5.41) is 13.6. The van der Waals surface area contributed by atoms with Crippen LogP contribution in [-0.4, -0.2) is 73.7 Å². The molecule has 1 spiro atoms. The molecule has 2 aromatic rings. The van der Waals surface area contributed by atoms with Crippen LogP contribution in [0.2, 0.25) is 0 Å². The molecule has 4 bridgehead atoms. The average Bonchev–Trinajstić information content (AvgIpc) is 3.69. The number of benzene rings is 1. The van der Waals surface area contributed by atoms with E-state index in [9.17, 15) is 14.7 Å². The van der Waals surface area contributed by atoms with Crippen molar-refractivity contribution < 1.29 is 38.4 Å². The normalized spacial score (nSPS) is 29.5. The minimum atomic E-state index is -1.50. The molecule has 3 aliphatic carbocycles. The van der Waals surface area contributed by atoms with Crippen molar-refractivity contribution in [3.63, 3.8) is 0 Å². The van der Waals surface area contributed by atoms with Gasteiger partial charge in [0.15, 0.2) is 17.0 Å². The van der Waals surface area contributed by atoms with Crippen molar-refractivity contribution in [1.29, 1.82) is 0 Å². The summed E-state index contributed by atoms with van der Waals surface area (Å²) < 4.78 is 29.3. The topological polar surface area (TPSA) is 164 Å². The minimum absolute atomic E-state index is 0.0711. The van der Waals surface area contributed by atoms with Crippen molar-refractivity contribution in [3.8, 4) is 11.5 Å². The lowest BCUT2D eigenvalue weighted by Crippen LogP contribution is -2.75. The number of rotatable bonds is 12. The number of methoxy groups -OCH3 is 1. The molecule has 7 unspecified atom stereocenters. The van der Waals surface area contributed by atoms with Gasteiger partial charge in [-0.1, -0.05) is 35.5 Å². The molecule has 0 amide bonds. The summed E-state index contributed by atoms with van der Waals surface area (Å²) in [5.41, 5.74) is 8.67. The first-order valence-corrected chi connectivity index (χ1v) is 21.1. The number of nitrogens with two attached hydrogens (primary N) is 1. The van der Waals surface area contributed by atoms with Crippen molar-refractivity contribution >= 4 is 47.2 Å². The maximum absolute atomic E-state index is 15.4. The highest BCUT2D eigenvalue weighted by molar-refractivity contribution is 7.99. The van der Waals surface area contributed by atoms with Crippen LogP contribution < -0.4 is 20.5 Å². The fourth-order valence-electron chi connectivity index (χ4n) is 10.3. The number of hydrogen-bond donors (Lipinski definition) is 3. The molecule has 58 heavy (non-hydrogen) atoms. The first-order valence-electron chi connectivity index (χ1n) is 20.1. The van der Waals surface area contributed by atoms with E-state index in [1.54, 1.807) is 19.2 Å². The molecule has 9 rings (SSSR count). The van der Waals surface area contributed by atoms with E-state index in [4.69, 9.17) is 29.7 Å².